The minimum absolute atomic E-state index is 0.0571. The van der Waals surface area contributed by atoms with Crippen LogP contribution >= 0.6 is 0 Å². The predicted molar refractivity (Wildman–Crippen MR) is 71.7 cm³/mol. The number of rotatable bonds is 6. The van der Waals surface area contributed by atoms with Gasteiger partial charge < -0.3 is 15.2 Å². The van der Waals surface area contributed by atoms with Gasteiger partial charge in [0.25, 0.3) is 0 Å². The third-order valence-corrected chi connectivity index (χ3v) is 3.33. The van der Waals surface area contributed by atoms with Gasteiger partial charge in [0.1, 0.15) is 5.82 Å². The fourth-order valence-corrected chi connectivity index (χ4v) is 1.51. The molecule has 0 aliphatic carbocycles. The van der Waals surface area contributed by atoms with Gasteiger partial charge in [0, 0.05) is 17.6 Å². The maximum Gasteiger partial charge on any atom is 0.340 e. The zero-order valence-corrected chi connectivity index (χ0v) is 11.5. The van der Waals surface area contributed by atoms with E-state index in [1.165, 1.54) is 19.2 Å². The van der Waals surface area contributed by atoms with Crippen molar-refractivity contribution in [1.82, 2.24) is 0 Å². The molecule has 0 aliphatic heterocycles. The van der Waals surface area contributed by atoms with E-state index in [-0.39, 0.29) is 17.6 Å². The first kappa shape index (κ1) is 15.4. The number of esters is 1. The van der Waals surface area contributed by atoms with Crippen LogP contribution in [0.1, 0.15) is 30.6 Å². The molecule has 0 aromatic heterocycles. The number of aliphatic hydroxyl groups is 1. The summed E-state index contributed by atoms with van der Waals surface area (Å²) in [4.78, 5) is 11.4. The van der Waals surface area contributed by atoms with Gasteiger partial charge in [0.15, 0.2) is 0 Å². The van der Waals surface area contributed by atoms with Gasteiger partial charge in [-0.1, -0.05) is 13.8 Å². The summed E-state index contributed by atoms with van der Waals surface area (Å²) in [5.74, 6) is -1.32. The molecule has 0 radical (unpaired) electrons. The van der Waals surface area contributed by atoms with Crippen molar-refractivity contribution in [2.45, 2.75) is 20.3 Å². The number of hydrogen-bond donors (Lipinski definition) is 2. The lowest BCUT2D eigenvalue weighted by atomic mass is 9.88. The largest absolute Gasteiger partial charge is 0.465 e. The SMILES string of the molecule is CCC(C)(CO)CNc1ccc(F)c(C(=O)OC)c1. The van der Waals surface area contributed by atoms with Crippen LogP contribution in [-0.2, 0) is 4.74 Å². The Labute approximate surface area is 112 Å². The van der Waals surface area contributed by atoms with Crippen LogP contribution in [0.3, 0.4) is 0 Å². The number of hydrogen-bond acceptors (Lipinski definition) is 4. The zero-order chi connectivity index (χ0) is 14.5. The Morgan fingerprint density at radius 3 is 2.74 bits per heavy atom. The normalized spacial score (nSPS) is 13.7. The van der Waals surface area contributed by atoms with Crippen LogP contribution in [0.25, 0.3) is 0 Å². The van der Waals surface area contributed by atoms with Gasteiger partial charge in [-0.15, -0.1) is 0 Å². The summed E-state index contributed by atoms with van der Waals surface area (Å²) in [6.45, 7) is 4.53. The van der Waals surface area contributed by atoms with Crippen LogP contribution in [-0.4, -0.2) is 31.3 Å². The molecule has 0 saturated carbocycles. The second-order valence-corrected chi connectivity index (χ2v) is 4.86. The second-order valence-electron chi connectivity index (χ2n) is 4.86. The van der Waals surface area contributed by atoms with E-state index in [2.05, 4.69) is 10.1 Å². The van der Waals surface area contributed by atoms with Crippen molar-refractivity contribution in [3.8, 4) is 0 Å². The van der Waals surface area contributed by atoms with Crippen molar-refractivity contribution >= 4 is 11.7 Å². The fraction of sp³-hybridized carbons (Fsp3) is 0.500. The van der Waals surface area contributed by atoms with E-state index in [9.17, 15) is 14.3 Å². The predicted octanol–water partition coefficient (Wildman–Crippen LogP) is 2.43. The van der Waals surface area contributed by atoms with Crippen LogP contribution in [0.4, 0.5) is 10.1 Å². The Kier molecular flexibility index (Phi) is 5.30. The molecule has 4 nitrogen and oxygen atoms in total. The molecule has 19 heavy (non-hydrogen) atoms. The number of nitrogens with one attached hydrogen (secondary N) is 1. The summed E-state index contributed by atoms with van der Waals surface area (Å²) in [6.07, 6.45) is 0.807. The Balaban J connectivity index is 2.83. The van der Waals surface area contributed by atoms with E-state index in [0.29, 0.717) is 12.2 Å². The molecule has 2 N–H and O–H groups in total. The van der Waals surface area contributed by atoms with Gasteiger partial charge in [0.05, 0.1) is 19.3 Å². The van der Waals surface area contributed by atoms with E-state index in [0.717, 1.165) is 6.42 Å². The number of anilines is 1. The van der Waals surface area contributed by atoms with Gasteiger partial charge in [-0.2, -0.15) is 0 Å². The molecule has 0 spiro atoms. The van der Waals surface area contributed by atoms with Crippen molar-refractivity contribution in [3.05, 3.63) is 29.6 Å². The Bertz CT molecular complexity index is 444. The quantitative estimate of drug-likeness (QED) is 0.779. The molecule has 0 bridgehead atoms. The summed E-state index contributed by atoms with van der Waals surface area (Å²) in [5, 5.41) is 12.4. The summed E-state index contributed by atoms with van der Waals surface area (Å²) < 4.78 is 18.0. The van der Waals surface area contributed by atoms with Crippen molar-refractivity contribution in [2.75, 3.05) is 25.6 Å². The highest BCUT2D eigenvalue weighted by molar-refractivity contribution is 5.90. The molecule has 5 heteroatoms. The highest BCUT2D eigenvalue weighted by Crippen LogP contribution is 2.22. The van der Waals surface area contributed by atoms with Crippen LogP contribution in [0.15, 0.2) is 18.2 Å². The topological polar surface area (TPSA) is 58.6 Å². The molecule has 1 rings (SSSR count). The summed E-state index contributed by atoms with van der Waals surface area (Å²) in [7, 11) is 1.21. The minimum atomic E-state index is -0.707. The third-order valence-electron chi connectivity index (χ3n) is 3.33. The Hall–Kier alpha value is -1.62. The van der Waals surface area contributed by atoms with Crippen molar-refractivity contribution in [2.24, 2.45) is 5.41 Å². The third kappa shape index (κ3) is 3.92. The number of benzene rings is 1. The first-order valence-corrected chi connectivity index (χ1v) is 6.18. The maximum atomic E-state index is 13.4. The summed E-state index contributed by atoms with van der Waals surface area (Å²) in [5.41, 5.74) is 0.268. The van der Waals surface area contributed by atoms with Crippen LogP contribution < -0.4 is 5.32 Å². The van der Waals surface area contributed by atoms with Gasteiger partial charge in [-0.05, 0) is 24.6 Å². The number of halogens is 1. The first-order chi connectivity index (χ1) is 8.95. The lowest BCUT2D eigenvalue weighted by Gasteiger charge is -2.26. The van der Waals surface area contributed by atoms with E-state index < -0.39 is 11.8 Å². The number of methoxy groups -OCH3 is 1. The zero-order valence-electron chi connectivity index (χ0n) is 11.5. The molecule has 106 valence electrons. The minimum Gasteiger partial charge on any atom is -0.465 e. The molecule has 1 aromatic carbocycles. The molecule has 1 unspecified atom stereocenters. The monoisotopic (exact) mass is 269 g/mol. The lowest BCUT2D eigenvalue weighted by Crippen LogP contribution is -2.29. The fourth-order valence-electron chi connectivity index (χ4n) is 1.51. The number of carbonyl (C=O) groups excluding carboxylic acids is 1. The molecule has 0 aliphatic rings. The van der Waals surface area contributed by atoms with Crippen molar-refractivity contribution in [1.29, 1.82) is 0 Å². The molecular formula is C14H20FNO3. The van der Waals surface area contributed by atoms with Crippen LogP contribution in [0, 0.1) is 11.2 Å². The molecule has 0 amide bonds. The standard InChI is InChI=1S/C14H20FNO3/c1-4-14(2,9-17)8-16-10-5-6-12(15)11(7-10)13(18)19-3/h5-7,16-17H,4,8-9H2,1-3H3. The Morgan fingerprint density at radius 1 is 1.53 bits per heavy atom. The Morgan fingerprint density at radius 2 is 2.21 bits per heavy atom. The average molecular weight is 269 g/mol. The van der Waals surface area contributed by atoms with E-state index in [4.69, 9.17) is 0 Å². The van der Waals surface area contributed by atoms with E-state index >= 15 is 0 Å². The molecule has 0 heterocycles. The molecule has 0 fully saturated rings. The average Bonchev–Trinajstić information content (AvgIpc) is 2.45. The molecular weight excluding hydrogens is 249 g/mol. The van der Waals surface area contributed by atoms with Gasteiger partial charge >= 0.3 is 5.97 Å². The lowest BCUT2D eigenvalue weighted by molar-refractivity contribution is 0.0595. The van der Waals surface area contributed by atoms with Crippen LogP contribution in [0.2, 0.25) is 0 Å². The highest BCUT2D eigenvalue weighted by atomic mass is 19.1. The number of carbonyl (C=O) groups is 1. The number of ether oxygens (including phenoxy) is 1. The highest BCUT2D eigenvalue weighted by Gasteiger charge is 2.21. The number of aliphatic hydroxyl groups excluding tert-OH is 1. The van der Waals surface area contributed by atoms with Crippen molar-refractivity contribution < 1.29 is 19.0 Å². The summed E-state index contributed by atoms with van der Waals surface area (Å²) >= 11 is 0. The smallest absolute Gasteiger partial charge is 0.340 e. The van der Waals surface area contributed by atoms with Crippen molar-refractivity contribution in [3.63, 3.8) is 0 Å². The second kappa shape index (κ2) is 6.52. The summed E-state index contributed by atoms with van der Waals surface area (Å²) in [6, 6.07) is 4.18. The van der Waals surface area contributed by atoms with Gasteiger partial charge in [-0.25, -0.2) is 9.18 Å². The van der Waals surface area contributed by atoms with Gasteiger partial charge in [-0.3, -0.25) is 0 Å². The van der Waals surface area contributed by atoms with E-state index in [1.807, 2.05) is 13.8 Å². The molecule has 1 atom stereocenters. The maximum absolute atomic E-state index is 13.4. The molecule has 1 aromatic rings. The van der Waals surface area contributed by atoms with Gasteiger partial charge in [0.2, 0.25) is 0 Å². The van der Waals surface area contributed by atoms with E-state index in [1.54, 1.807) is 6.07 Å². The molecule has 0 saturated heterocycles. The first-order valence-electron chi connectivity index (χ1n) is 6.18. The van der Waals surface area contributed by atoms with Crippen LogP contribution in [0.5, 0.6) is 0 Å².